The number of phenols is 1. The van der Waals surface area contributed by atoms with Gasteiger partial charge in [-0.2, -0.15) is 0 Å². The molecule has 3 rings (SSSR count). The van der Waals surface area contributed by atoms with Crippen LogP contribution in [-0.2, 0) is 9.84 Å². The summed E-state index contributed by atoms with van der Waals surface area (Å²) in [6.07, 6.45) is 0. The Balaban J connectivity index is 2.45. The molecule has 1 aliphatic rings. The minimum absolute atomic E-state index is 0.00639. The molecule has 0 aromatic heterocycles. The van der Waals surface area contributed by atoms with E-state index >= 15 is 0 Å². The molecule has 90 valence electrons. The molecule has 0 saturated carbocycles. The molecule has 0 spiro atoms. The number of rotatable bonds is 0. The quantitative estimate of drug-likeness (QED) is 0.668. The van der Waals surface area contributed by atoms with Crippen molar-refractivity contribution in [3.8, 4) is 5.75 Å². The van der Waals surface area contributed by atoms with E-state index in [9.17, 15) is 18.3 Å². The van der Waals surface area contributed by atoms with Crippen molar-refractivity contribution < 1.29 is 18.3 Å². The maximum atomic E-state index is 12.3. The SMILES string of the molecule is O=C1c2ccccc2S(=O)(=O)c2cc(O)ccc21. The summed E-state index contributed by atoms with van der Waals surface area (Å²) < 4.78 is 24.7. The zero-order valence-corrected chi connectivity index (χ0v) is 9.94. The minimum atomic E-state index is -3.74. The van der Waals surface area contributed by atoms with Gasteiger partial charge in [0.2, 0.25) is 9.84 Å². The van der Waals surface area contributed by atoms with Crippen LogP contribution in [0.1, 0.15) is 15.9 Å². The predicted octanol–water partition coefficient (Wildman–Crippen LogP) is 1.77. The largest absolute Gasteiger partial charge is 0.508 e. The summed E-state index contributed by atoms with van der Waals surface area (Å²) in [5.41, 5.74) is 0.280. The molecule has 0 atom stereocenters. The number of fused-ring (bicyclic) bond motifs is 2. The lowest BCUT2D eigenvalue weighted by Crippen LogP contribution is -2.19. The first-order chi connectivity index (χ1) is 8.51. The van der Waals surface area contributed by atoms with Crippen LogP contribution in [0.5, 0.6) is 5.75 Å². The number of hydrogen-bond acceptors (Lipinski definition) is 4. The fourth-order valence-electron chi connectivity index (χ4n) is 2.07. The average molecular weight is 260 g/mol. The molecule has 2 aromatic rings. The van der Waals surface area contributed by atoms with E-state index in [1.54, 1.807) is 12.1 Å². The third kappa shape index (κ3) is 1.31. The summed E-state index contributed by atoms with van der Waals surface area (Å²) in [6.45, 7) is 0. The van der Waals surface area contributed by atoms with Crippen LogP contribution in [0, 0.1) is 0 Å². The van der Waals surface area contributed by atoms with Gasteiger partial charge >= 0.3 is 0 Å². The van der Waals surface area contributed by atoms with E-state index in [1.807, 2.05) is 0 Å². The Morgan fingerprint density at radius 2 is 1.56 bits per heavy atom. The summed E-state index contributed by atoms with van der Waals surface area (Å²) in [5, 5.41) is 9.38. The molecule has 0 radical (unpaired) electrons. The van der Waals surface area contributed by atoms with Gasteiger partial charge in [0.15, 0.2) is 5.78 Å². The number of carbonyl (C=O) groups is 1. The minimum Gasteiger partial charge on any atom is -0.508 e. The molecular formula is C13H8O4S. The van der Waals surface area contributed by atoms with E-state index in [2.05, 4.69) is 0 Å². The second kappa shape index (κ2) is 3.43. The summed E-state index contributed by atoms with van der Waals surface area (Å²) >= 11 is 0. The third-order valence-electron chi connectivity index (χ3n) is 2.92. The van der Waals surface area contributed by atoms with E-state index in [0.717, 1.165) is 6.07 Å². The second-order valence-corrected chi connectivity index (χ2v) is 5.90. The fraction of sp³-hybridized carbons (Fsp3) is 0. The van der Waals surface area contributed by atoms with Gasteiger partial charge in [0, 0.05) is 11.1 Å². The zero-order valence-electron chi connectivity index (χ0n) is 9.12. The number of phenolic OH excluding ortho intramolecular Hbond substituents is 1. The number of ketones is 1. The van der Waals surface area contributed by atoms with Crippen LogP contribution in [0.15, 0.2) is 52.3 Å². The first-order valence-electron chi connectivity index (χ1n) is 5.23. The molecule has 0 amide bonds. The van der Waals surface area contributed by atoms with Crippen molar-refractivity contribution in [2.45, 2.75) is 9.79 Å². The number of aromatic hydroxyl groups is 1. The van der Waals surface area contributed by atoms with Gasteiger partial charge in [-0.25, -0.2) is 8.42 Å². The van der Waals surface area contributed by atoms with Gasteiger partial charge in [-0.05, 0) is 30.3 Å². The molecule has 0 fully saturated rings. The van der Waals surface area contributed by atoms with Gasteiger partial charge in [-0.1, -0.05) is 12.1 Å². The monoisotopic (exact) mass is 260 g/mol. The van der Waals surface area contributed by atoms with Gasteiger partial charge in [-0.3, -0.25) is 4.79 Å². The highest BCUT2D eigenvalue weighted by molar-refractivity contribution is 7.91. The molecule has 4 nitrogen and oxygen atoms in total. The van der Waals surface area contributed by atoms with Crippen molar-refractivity contribution in [2.75, 3.05) is 0 Å². The Labute approximate surface area is 103 Å². The first kappa shape index (κ1) is 11.0. The van der Waals surface area contributed by atoms with Crippen LogP contribution in [0.4, 0.5) is 0 Å². The Morgan fingerprint density at radius 3 is 2.33 bits per heavy atom. The van der Waals surface area contributed by atoms with E-state index in [-0.39, 0.29) is 32.5 Å². The van der Waals surface area contributed by atoms with Crippen LogP contribution in [0.3, 0.4) is 0 Å². The van der Waals surface area contributed by atoms with Crippen molar-refractivity contribution in [2.24, 2.45) is 0 Å². The van der Waals surface area contributed by atoms with Crippen LogP contribution in [0.2, 0.25) is 0 Å². The fourth-order valence-corrected chi connectivity index (χ4v) is 3.74. The number of benzene rings is 2. The molecular weight excluding hydrogens is 252 g/mol. The standard InChI is InChI=1S/C13H8O4S/c14-8-5-6-10-12(7-8)18(16,17)11-4-2-1-3-9(11)13(10)15/h1-7,14H. The highest BCUT2D eigenvalue weighted by Gasteiger charge is 2.34. The van der Waals surface area contributed by atoms with Gasteiger partial charge < -0.3 is 5.11 Å². The van der Waals surface area contributed by atoms with Gasteiger partial charge in [0.1, 0.15) is 5.75 Å². The Kier molecular flexibility index (Phi) is 2.09. The third-order valence-corrected chi connectivity index (χ3v) is 4.77. The van der Waals surface area contributed by atoms with E-state index < -0.39 is 9.84 Å². The topological polar surface area (TPSA) is 71.4 Å². The Bertz CT molecular complexity index is 775. The Hall–Kier alpha value is -2.14. The van der Waals surface area contributed by atoms with Gasteiger partial charge in [-0.15, -0.1) is 0 Å². The van der Waals surface area contributed by atoms with Crippen LogP contribution in [-0.4, -0.2) is 19.3 Å². The number of sulfone groups is 1. The molecule has 2 aromatic carbocycles. The molecule has 1 N–H and O–H groups in total. The van der Waals surface area contributed by atoms with Crippen LogP contribution in [0.25, 0.3) is 0 Å². The molecule has 0 saturated heterocycles. The molecule has 1 heterocycles. The lowest BCUT2D eigenvalue weighted by molar-refractivity contribution is 0.103. The molecule has 1 aliphatic heterocycles. The first-order valence-corrected chi connectivity index (χ1v) is 6.72. The van der Waals surface area contributed by atoms with E-state index in [0.29, 0.717) is 0 Å². The molecule has 18 heavy (non-hydrogen) atoms. The normalized spacial score (nSPS) is 15.9. The van der Waals surface area contributed by atoms with Crippen molar-refractivity contribution in [3.63, 3.8) is 0 Å². The maximum absolute atomic E-state index is 12.3. The lowest BCUT2D eigenvalue weighted by Gasteiger charge is -2.18. The number of carbonyl (C=O) groups excluding carboxylic acids is 1. The summed E-state index contributed by atoms with van der Waals surface area (Å²) in [5.74, 6) is -0.514. The van der Waals surface area contributed by atoms with Crippen molar-refractivity contribution in [1.82, 2.24) is 0 Å². The van der Waals surface area contributed by atoms with Crippen molar-refractivity contribution in [3.05, 3.63) is 53.6 Å². The highest BCUT2D eigenvalue weighted by atomic mass is 32.2. The van der Waals surface area contributed by atoms with Crippen molar-refractivity contribution >= 4 is 15.6 Å². The molecule has 0 bridgehead atoms. The summed E-state index contributed by atoms with van der Waals surface area (Å²) in [7, 11) is -3.74. The van der Waals surface area contributed by atoms with Crippen molar-refractivity contribution in [1.29, 1.82) is 0 Å². The molecule has 0 unspecified atom stereocenters. The van der Waals surface area contributed by atoms with Crippen LogP contribution < -0.4 is 0 Å². The number of hydrogen-bond donors (Lipinski definition) is 1. The Morgan fingerprint density at radius 1 is 0.889 bits per heavy atom. The lowest BCUT2D eigenvalue weighted by atomic mass is 10.0. The maximum Gasteiger partial charge on any atom is 0.208 e. The summed E-state index contributed by atoms with van der Waals surface area (Å²) in [6, 6.07) is 9.83. The van der Waals surface area contributed by atoms with Gasteiger partial charge in [0.05, 0.1) is 9.79 Å². The van der Waals surface area contributed by atoms with Crippen LogP contribution >= 0.6 is 0 Å². The second-order valence-electron chi connectivity index (χ2n) is 4.01. The zero-order chi connectivity index (χ0) is 12.9. The molecule has 5 heteroatoms. The van der Waals surface area contributed by atoms with Gasteiger partial charge in [0.25, 0.3) is 0 Å². The predicted molar refractivity (Wildman–Crippen MR) is 63.4 cm³/mol. The summed E-state index contributed by atoms with van der Waals surface area (Å²) in [4.78, 5) is 12.0. The van der Waals surface area contributed by atoms with E-state index in [4.69, 9.17) is 0 Å². The smallest absolute Gasteiger partial charge is 0.208 e. The van der Waals surface area contributed by atoms with E-state index in [1.165, 1.54) is 24.3 Å². The average Bonchev–Trinajstić information content (AvgIpc) is 2.36. The highest BCUT2D eigenvalue weighted by Crippen LogP contribution is 2.35. The molecule has 0 aliphatic carbocycles.